The topological polar surface area (TPSA) is 96.5 Å². The Hall–Kier alpha value is -3.35. The zero-order valence-electron chi connectivity index (χ0n) is 15.8. The van der Waals surface area contributed by atoms with Gasteiger partial charge in [0.1, 0.15) is 11.3 Å². The molecule has 1 aliphatic rings. The highest BCUT2D eigenvalue weighted by molar-refractivity contribution is 6.06. The average Bonchev–Trinajstić information content (AvgIpc) is 2.97. The molecule has 7 nitrogen and oxygen atoms in total. The highest BCUT2D eigenvalue weighted by Gasteiger charge is 2.41. The number of benzene rings is 2. The van der Waals surface area contributed by atoms with E-state index in [4.69, 9.17) is 4.74 Å². The summed E-state index contributed by atoms with van der Waals surface area (Å²) in [7, 11) is 1.59. The monoisotopic (exact) mass is 381 g/mol. The van der Waals surface area contributed by atoms with E-state index in [-0.39, 0.29) is 18.7 Å². The molecule has 7 heteroatoms. The van der Waals surface area contributed by atoms with Crippen LogP contribution in [0.25, 0.3) is 0 Å². The quantitative estimate of drug-likeness (QED) is 0.641. The van der Waals surface area contributed by atoms with Crippen molar-refractivity contribution in [3.63, 3.8) is 0 Å². The molecular weight excluding hydrogens is 358 g/mol. The van der Waals surface area contributed by atoms with Crippen LogP contribution in [0.15, 0.2) is 54.6 Å². The maximum absolute atomic E-state index is 12.7. The second kappa shape index (κ2) is 8.12. The lowest BCUT2D eigenvalue weighted by Gasteiger charge is -2.24. The second-order valence-corrected chi connectivity index (χ2v) is 6.89. The molecule has 3 rings (SSSR count). The number of urea groups is 1. The summed E-state index contributed by atoms with van der Waals surface area (Å²) in [5.41, 5.74) is 0.669. The first kappa shape index (κ1) is 19.4. The summed E-state index contributed by atoms with van der Waals surface area (Å²) in [6.07, 6.45) is 0.284. The fraction of sp³-hybridized carbons (Fsp3) is 0.286. The van der Waals surface area contributed by atoms with Crippen LogP contribution in [-0.4, -0.2) is 30.5 Å². The van der Waals surface area contributed by atoms with Crippen molar-refractivity contribution in [2.45, 2.75) is 31.3 Å². The number of hydrogen-bond donors (Lipinski definition) is 3. The Bertz CT molecular complexity index is 884. The number of para-hydroxylation sites is 1. The minimum Gasteiger partial charge on any atom is -0.496 e. The molecule has 4 amide bonds. The molecule has 146 valence electrons. The summed E-state index contributed by atoms with van der Waals surface area (Å²) in [6.45, 7) is 1.61. The molecule has 1 saturated heterocycles. The largest absolute Gasteiger partial charge is 0.496 e. The molecule has 2 atom stereocenters. The van der Waals surface area contributed by atoms with Crippen LogP contribution in [0.3, 0.4) is 0 Å². The molecule has 0 aliphatic carbocycles. The van der Waals surface area contributed by atoms with Crippen molar-refractivity contribution in [3.8, 4) is 5.75 Å². The van der Waals surface area contributed by atoms with Crippen molar-refractivity contribution in [1.29, 1.82) is 0 Å². The predicted octanol–water partition coefficient (Wildman–Crippen LogP) is 2.28. The third kappa shape index (κ3) is 4.14. The smallest absolute Gasteiger partial charge is 0.322 e. The Morgan fingerprint density at radius 1 is 1.11 bits per heavy atom. The fourth-order valence-electron chi connectivity index (χ4n) is 3.24. The Labute approximate surface area is 163 Å². The lowest BCUT2D eigenvalue weighted by Crippen LogP contribution is -2.44. The van der Waals surface area contributed by atoms with E-state index in [1.807, 2.05) is 54.6 Å². The molecule has 2 unspecified atom stereocenters. The van der Waals surface area contributed by atoms with Crippen molar-refractivity contribution in [2.75, 3.05) is 7.11 Å². The van der Waals surface area contributed by atoms with E-state index in [1.165, 1.54) is 0 Å². The van der Waals surface area contributed by atoms with Gasteiger partial charge in [-0.1, -0.05) is 48.5 Å². The van der Waals surface area contributed by atoms with Crippen LogP contribution in [0.5, 0.6) is 5.75 Å². The number of rotatable bonds is 7. The summed E-state index contributed by atoms with van der Waals surface area (Å²) in [5, 5.41) is 7.80. The summed E-state index contributed by atoms with van der Waals surface area (Å²) in [4.78, 5) is 36.0. The third-order valence-electron chi connectivity index (χ3n) is 4.86. The van der Waals surface area contributed by atoms with E-state index in [0.717, 1.165) is 11.1 Å². The van der Waals surface area contributed by atoms with Crippen LogP contribution in [0.2, 0.25) is 0 Å². The van der Waals surface area contributed by atoms with Crippen molar-refractivity contribution >= 4 is 17.8 Å². The maximum atomic E-state index is 12.7. The van der Waals surface area contributed by atoms with Gasteiger partial charge in [-0.05, 0) is 25.0 Å². The first-order valence-corrected chi connectivity index (χ1v) is 9.04. The molecule has 1 aliphatic heterocycles. The highest BCUT2D eigenvalue weighted by Crippen LogP contribution is 2.30. The van der Waals surface area contributed by atoms with E-state index in [0.29, 0.717) is 5.75 Å². The third-order valence-corrected chi connectivity index (χ3v) is 4.86. The minimum atomic E-state index is -1.08. The van der Waals surface area contributed by atoms with Gasteiger partial charge in [0.2, 0.25) is 5.91 Å². The number of methoxy groups -OCH3 is 1. The van der Waals surface area contributed by atoms with E-state index in [1.54, 1.807) is 14.0 Å². The minimum absolute atomic E-state index is 0.0860. The van der Waals surface area contributed by atoms with Crippen molar-refractivity contribution in [1.82, 2.24) is 16.0 Å². The van der Waals surface area contributed by atoms with Crippen LogP contribution in [0.4, 0.5) is 4.79 Å². The van der Waals surface area contributed by atoms with Crippen molar-refractivity contribution in [2.24, 2.45) is 0 Å². The normalized spacial score (nSPS) is 19.5. The zero-order valence-corrected chi connectivity index (χ0v) is 15.8. The molecule has 3 N–H and O–H groups in total. The van der Waals surface area contributed by atoms with Gasteiger partial charge in [-0.2, -0.15) is 0 Å². The van der Waals surface area contributed by atoms with Crippen LogP contribution in [0.1, 0.15) is 36.9 Å². The Morgan fingerprint density at radius 3 is 2.43 bits per heavy atom. The molecule has 0 aromatic heterocycles. The molecule has 1 fully saturated rings. The van der Waals surface area contributed by atoms with Crippen molar-refractivity contribution < 1.29 is 19.1 Å². The molecule has 28 heavy (non-hydrogen) atoms. The van der Waals surface area contributed by atoms with E-state index >= 15 is 0 Å². The number of carbonyl (C=O) groups excluding carboxylic acids is 3. The van der Waals surface area contributed by atoms with Gasteiger partial charge in [-0.15, -0.1) is 0 Å². The van der Waals surface area contributed by atoms with Gasteiger partial charge >= 0.3 is 6.03 Å². The number of nitrogens with one attached hydrogen (secondary N) is 3. The average molecular weight is 381 g/mol. The molecule has 2 aromatic carbocycles. The lowest BCUT2D eigenvalue weighted by molar-refractivity contribution is -0.125. The van der Waals surface area contributed by atoms with Gasteiger partial charge in [0.05, 0.1) is 13.2 Å². The molecule has 2 aromatic rings. The number of hydrogen-bond acceptors (Lipinski definition) is 4. The van der Waals surface area contributed by atoms with Gasteiger partial charge < -0.3 is 15.4 Å². The van der Waals surface area contributed by atoms with Gasteiger partial charge in [0.15, 0.2) is 0 Å². The standard InChI is InChI=1S/C21H23N3O4/c1-21(19(26)23-20(27)24-21)13-12-17(25)22-18(14-8-4-3-5-9-14)15-10-6-7-11-16(15)28-2/h3-11,18H,12-13H2,1-2H3,(H,22,25)(H2,23,24,26,27). The van der Waals surface area contributed by atoms with Crippen LogP contribution in [0, 0.1) is 0 Å². The van der Waals surface area contributed by atoms with Gasteiger partial charge in [0, 0.05) is 12.0 Å². The van der Waals surface area contributed by atoms with E-state index in [2.05, 4.69) is 16.0 Å². The number of imide groups is 1. The summed E-state index contributed by atoms with van der Waals surface area (Å²) < 4.78 is 5.46. The SMILES string of the molecule is COc1ccccc1C(NC(=O)CCC1(C)NC(=O)NC1=O)c1ccccc1. The number of carbonyl (C=O) groups is 3. The summed E-state index contributed by atoms with van der Waals surface area (Å²) in [6, 6.07) is 16.2. The van der Waals surface area contributed by atoms with Crippen LogP contribution >= 0.6 is 0 Å². The van der Waals surface area contributed by atoms with Gasteiger partial charge in [-0.25, -0.2) is 4.79 Å². The molecule has 0 saturated carbocycles. The van der Waals surface area contributed by atoms with Crippen LogP contribution in [-0.2, 0) is 9.59 Å². The summed E-state index contributed by atoms with van der Waals surface area (Å²) in [5.74, 6) is 0.0237. The highest BCUT2D eigenvalue weighted by atomic mass is 16.5. The van der Waals surface area contributed by atoms with Gasteiger partial charge in [-0.3, -0.25) is 14.9 Å². The molecule has 0 radical (unpaired) electrons. The molecular formula is C21H23N3O4. The maximum Gasteiger partial charge on any atom is 0.322 e. The number of ether oxygens (including phenoxy) is 1. The zero-order chi connectivity index (χ0) is 20.1. The van der Waals surface area contributed by atoms with E-state index < -0.39 is 23.5 Å². The second-order valence-electron chi connectivity index (χ2n) is 6.89. The summed E-state index contributed by atoms with van der Waals surface area (Å²) >= 11 is 0. The Balaban J connectivity index is 1.77. The van der Waals surface area contributed by atoms with E-state index in [9.17, 15) is 14.4 Å². The first-order valence-electron chi connectivity index (χ1n) is 9.04. The molecule has 0 spiro atoms. The predicted molar refractivity (Wildman–Crippen MR) is 104 cm³/mol. The number of amides is 4. The lowest BCUT2D eigenvalue weighted by atomic mass is 9.94. The molecule has 1 heterocycles. The Morgan fingerprint density at radius 2 is 1.79 bits per heavy atom. The fourth-order valence-corrected chi connectivity index (χ4v) is 3.24. The van der Waals surface area contributed by atoms with Crippen molar-refractivity contribution in [3.05, 3.63) is 65.7 Å². The molecule has 0 bridgehead atoms. The first-order chi connectivity index (χ1) is 13.4. The van der Waals surface area contributed by atoms with Gasteiger partial charge in [0.25, 0.3) is 5.91 Å². The van der Waals surface area contributed by atoms with Crippen LogP contribution < -0.4 is 20.7 Å². The Kier molecular flexibility index (Phi) is 5.63.